The second-order valence-corrected chi connectivity index (χ2v) is 6.27. The molecule has 2 aromatic rings. The minimum atomic E-state index is 0.0199. The number of hydrogen-bond acceptors (Lipinski definition) is 3. The van der Waals surface area contributed by atoms with Crippen LogP contribution in [0.4, 0.5) is 0 Å². The summed E-state index contributed by atoms with van der Waals surface area (Å²) in [7, 11) is 1.69. The van der Waals surface area contributed by atoms with E-state index in [0.29, 0.717) is 11.8 Å². The topological polar surface area (TPSA) is 38.7 Å². The molecule has 0 amide bonds. The first-order chi connectivity index (χ1) is 11.1. The highest BCUT2D eigenvalue weighted by Crippen LogP contribution is 2.48. The van der Waals surface area contributed by atoms with E-state index < -0.39 is 0 Å². The number of phenolic OH excluding ortho intramolecular Hbond substituents is 1. The molecule has 0 aliphatic carbocycles. The maximum atomic E-state index is 9.54. The fourth-order valence-electron chi connectivity index (χ4n) is 3.55. The van der Waals surface area contributed by atoms with Crippen LogP contribution in [0.25, 0.3) is 0 Å². The minimum absolute atomic E-state index is 0.0199. The molecular weight excluding hydrogens is 288 g/mol. The highest BCUT2D eigenvalue weighted by Gasteiger charge is 2.36. The summed E-state index contributed by atoms with van der Waals surface area (Å²) in [6.07, 6.45) is 2.24. The number of fused-ring (bicyclic) bond motifs is 1. The number of aromatic hydroxyl groups is 1. The molecular formula is C20H24O3. The molecule has 1 aliphatic heterocycles. The van der Waals surface area contributed by atoms with E-state index in [1.807, 2.05) is 24.3 Å². The van der Waals surface area contributed by atoms with Crippen LogP contribution < -0.4 is 9.47 Å². The van der Waals surface area contributed by atoms with Crippen LogP contribution >= 0.6 is 0 Å². The average Bonchev–Trinajstić information content (AvgIpc) is 2.58. The van der Waals surface area contributed by atoms with E-state index >= 15 is 0 Å². The van der Waals surface area contributed by atoms with Crippen molar-refractivity contribution in [2.45, 2.75) is 38.7 Å². The largest absolute Gasteiger partial charge is 0.508 e. The normalized spacial score (nSPS) is 23.0. The molecule has 3 atom stereocenters. The van der Waals surface area contributed by atoms with Crippen LogP contribution in [0, 0.1) is 5.92 Å². The lowest BCUT2D eigenvalue weighted by Gasteiger charge is -2.38. The lowest BCUT2D eigenvalue weighted by molar-refractivity contribution is 0.0892. The summed E-state index contributed by atoms with van der Waals surface area (Å²) in [6.45, 7) is 4.48. The van der Waals surface area contributed by atoms with Gasteiger partial charge in [-0.3, -0.25) is 0 Å². The lowest BCUT2D eigenvalue weighted by atomic mass is 9.76. The van der Waals surface area contributed by atoms with Gasteiger partial charge < -0.3 is 14.6 Å². The highest BCUT2D eigenvalue weighted by atomic mass is 16.5. The first-order valence-corrected chi connectivity index (χ1v) is 8.27. The van der Waals surface area contributed by atoms with Gasteiger partial charge in [0.2, 0.25) is 0 Å². The van der Waals surface area contributed by atoms with Crippen molar-refractivity contribution in [1.82, 2.24) is 0 Å². The molecule has 1 aliphatic rings. The van der Waals surface area contributed by atoms with Crippen molar-refractivity contribution in [3.8, 4) is 17.2 Å². The Morgan fingerprint density at radius 1 is 1.13 bits per heavy atom. The highest BCUT2D eigenvalue weighted by molar-refractivity contribution is 5.45. The summed E-state index contributed by atoms with van der Waals surface area (Å²) in [4.78, 5) is 0. The third kappa shape index (κ3) is 3.00. The van der Waals surface area contributed by atoms with Crippen molar-refractivity contribution in [1.29, 1.82) is 0 Å². The third-order valence-corrected chi connectivity index (χ3v) is 4.84. The van der Waals surface area contributed by atoms with E-state index in [0.717, 1.165) is 29.9 Å². The fourth-order valence-corrected chi connectivity index (χ4v) is 3.55. The molecule has 0 bridgehead atoms. The maximum absolute atomic E-state index is 9.54. The van der Waals surface area contributed by atoms with E-state index in [9.17, 15) is 5.11 Å². The van der Waals surface area contributed by atoms with Crippen LogP contribution in [0.5, 0.6) is 17.2 Å². The van der Waals surface area contributed by atoms with Crippen LogP contribution in [-0.4, -0.2) is 12.2 Å². The quantitative estimate of drug-likeness (QED) is 0.858. The van der Waals surface area contributed by atoms with Crippen molar-refractivity contribution >= 4 is 0 Å². The van der Waals surface area contributed by atoms with Crippen molar-refractivity contribution in [3.63, 3.8) is 0 Å². The summed E-state index contributed by atoms with van der Waals surface area (Å²) in [6, 6.07) is 13.4. The zero-order valence-corrected chi connectivity index (χ0v) is 14.0. The number of hydrogen-bond donors (Lipinski definition) is 1. The third-order valence-electron chi connectivity index (χ3n) is 4.84. The zero-order valence-electron chi connectivity index (χ0n) is 14.0. The molecule has 3 rings (SSSR count). The fraction of sp³-hybridized carbons (Fsp3) is 0.400. The van der Waals surface area contributed by atoms with Gasteiger partial charge in [0.05, 0.1) is 7.11 Å². The van der Waals surface area contributed by atoms with Crippen molar-refractivity contribution in [2.75, 3.05) is 7.11 Å². The molecule has 0 unspecified atom stereocenters. The molecule has 0 aromatic heterocycles. The first-order valence-electron chi connectivity index (χ1n) is 8.27. The lowest BCUT2D eigenvalue weighted by Crippen LogP contribution is -2.28. The summed E-state index contributed by atoms with van der Waals surface area (Å²) >= 11 is 0. The summed E-state index contributed by atoms with van der Waals surface area (Å²) in [5.41, 5.74) is 2.34. The second-order valence-electron chi connectivity index (χ2n) is 6.27. The first kappa shape index (κ1) is 15.7. The molecule has 3 heteroatoms. The van der Waals surface area contributed by atoms with Crippen LogP contribution in [0.1, 0.15) is 49.8 Å². The minimum Gasteiger partial charge on any atom is -0.508 e. The molecule has 2 aromatic carbocycles. The molecule has 122 valence electrons. The van der Waals surface area contributed by atoms with Crippen LogP contribution in [0.3, 0.4) is 0 Å². The van der Waals surface area contributed by atoms with Gasteiger partial charge in [0.1, 0.15) is 23.4 Å². The van der Waals surface area contributed by atoms with Crippen LogP contribution in [0.15, 0.2) is 42.5 Å². The van der Waals surface area contributed by atoms with E-state index in [2.05, 4.69) is 19.9 Å². The Morgan fingerprint density at radius 3 is 2.52 bits per heavy atom. The molecule has 0 saturated carbocycles. The monoisotopic (exact) mass is 312 g/mol. The van der Waals surface area contributed by atoms with Crippen LogP contribution in [0.2, 0.25) is 0 Å². The molecule has 23 heavy (non-hydrogen) atoms. The van der Waals surface area contributed by atoms with E-state index in [-0.39, 0.29) is 11.9 Å². The smallest absolute Gasteiger partial charge is 0.127 e. The second kappa shape index (κ2) is 6.53. The van der Waals surface area contributed by atoms with Gasteiger partial charge in [-0.1, -0.05) is 32.4 Å². The average molecular weight is 312 g/mol. The van der Waals surface area contributed by atoms with Crippen LogP contribution in [-0.2, 0) is 0 Å². The molecule has 1 heterocycles. The van der Waals surface area contributed by atoms with Gasteiger partial charge in [0.15, 0.2) is 0 Å². The Morgan fingerprint density at radius 2 is 1.87 bits per heavy atom. The Labute approximate surface area is 137 Å². The van der Waals surface area contributed by atoms with Gasteiger partial charge in [-0.05, 0) is 48.2 Å². The summed E-state index contributed by atoms with van der Waals surface area (Å²) in [5.74, 6) is 2.90. The van der Waals surface area contributed by atoms with E-state index in [1.165, 1.54) is 5.56 Å². The number of rotatable bonds is 4. The van der Waals surface area contributed by atoms with Gasteiger partial charge in [0, 0.05) is 11.5 Å². The van der Waals surface area contributed by atoms with Crippen molar-refractivity contribution < 1.29 is 14.6 Å². The standard InChI is InChI=1S/C20H24O3/c1-4-5-17-13(2)18-12-16(22-3)10-11-19(18)23-20(17)14-6-8-15(21)9-7-14/h6-13,17,20-21H,4-5H2,1-3H3/t13-,17+,20+/m0/s1. The van der Waals surface area contributed by atoms with Gasteiger partial charge in [0.25, 0.3) is 0 Å². The van der Waals surface area contributed by atoms with Crippen molar-refractivity contribution in [3.05, 3.63) is 53.6 Å². The Balaban J connectivity index is 2.00. The predicted molar refractivity (Wildman–Crippen MR) is 91.3 cm³/mol. The molecule has 0 radical (unpaired) electrons. The zero-order chi connectivity index (χ0) is 16.4. The molecule has 0 saturated heterocycles. The van der Waals surface area contributed by atoms with Gasteiger partial charge in [-0.2, -0.15) is 0 Å². The predicted octanol–water partition coefficient (Wildman–Crippen LogP) is 5.05. The van der Waals surface area contributed by atoms with Gasteiger partial charge >= 0.3 is 0 Å². The molecule has 0 fully saturated rings. The van der Waals surface area contributed by atoms with Gasteiger partial charge in [-0.15, -0.1) is 0 Å². The Hall–Kier alpha value is -2.16. The van der Waals surface area contributed by atoms with Gasteiger partial charge in [-0.25, -0.2) is 0 Å². The van der Waals surface area contributed by atoms with Crippen molar-refractivity contribution in [2.24, 2.45) is 5.92 Å². The SMILES string of the molecule is CCC[C@@H]1[C@H](C)c2cc(OC)ccc2O[C@@H]1c1ccc(O)cc1. The molecule has 1 N–H and O–H groups in total. The van der Waals surface area contributed by atoms with E-state index in [1.54, 1.807) is 19.2 Å². The Bertz CT molecular complexity index is 663. The number of ether oxygens (including phenoxy) is 2. The summed E-state index contributed by atoms with van der Waals surface area (Å²) in [5, 5.41) is 9.54. The maximum Gasteiger partial charge on any atom is 0.127 e. The summed E-state index contributed by atoms with van der Waals surface area (Å²) < 4.78 is 11.7. The molecule has 0 spiro atoms. The Kier molecular flexibility index (Phi) is 4.46. The number of phenols is 1. The van der Waals surface area contributed by atoms with E-state index in [4.69, 9.17) is 9.47 Å². The number of benzene rings is 2. The number of methoxy groups -OCH3 is 1. The molecule has 3 nitrogen and oxygen atoms in total.